The maximum Gasteiger partial charge on any atom is 0.419 e. The second-order valence-corrected chi connectivity index (χ2v) is 12.5. The summed E-state index contributed by atoms with van der Waals surface area (Å²) in [6.45, 7) is 0.228. The number of likely N-dealkylation sites (tertiary alicyclic amines) is 1. The molecule has 10 nitrogen and oxygen atoms in total. The van der Waals surface area contributed by atoms with E-state index in [1.165, 1.54) is 4.90 Å². The van der Waals surface area contributed by atoms with E-state index < -0.39 is 48.8 Å². The van der Waals surface area contributed by atoms with E-state index in [0.717, 1.165) is 22.3 Å². The number of hydrogen-bond donors (Lipinski definition) is 1. The van der Waals surface area contributed by atoms with Gasteiger partial charge in [0, 0.05) is 0 Å². The van der Waals surface area contributed by atoms with E-state index in [1.54, 1.807) is 30.3 Å². The number of carbonyl (C=O) groups is 3. The molecule has 1 heterocycles. The maximum atomic E-state index is 14.7. The van der Waals surface area contributed by atoms with Crippen LogP contribution in [0.2, 0.25) is 0 Å². The van der Waals surface area contributed by atoms with E-state index in [0.29, 0.717) is 0 Å². The number of ether oxygens (including phenoxy) is 5. The largest absolute Gasteiger partial charge is 0.419 e. The molecule has 4 atom stereocenters. The topological polar surface area (TPSA) is 113 Å². The van der Waals surface area contributed by atoms with Crippen molar-refractivity contribution in [2.24, 2.45) is 0 Å². The standard InChI is InChI=1S/C43H42N2O8/c46-38(44-43(48)53-36-24-14-5-15-25-36)26-45-37(31-49-27-32-16-6-1-7-17-32)39(50-28-33-18-8-2-9-19-33)40(51-29-34-20-10-3-11-21-34)41(42(45)47)52-30-35-22-12-4-13-23-35/h1-25,37,39-41H,26-31H2,(H,44,46,48)/t37-,39-,40+,41-/m1/s1. The maximum absolute atomic E-state index is 14.7. The van der Waals surface area contributed by atoms with Crippen molar-refractivity contribution in [2.75, 3.05) is 13.2 Å². The van der Waals surface area contributed by atoms with Gasteiger partial charge >= 0.3 is 6.09 Å². The molecule has 6 rings (SSSR count). The lowest BCUT2D eigenvalue weighted by molar-refractivity contribution is -0.213. The number of piperidine rings is 1. The van der Waals surface area contributed by atoms with Gasteiger partial charge in [0.15, 0.2) is 6.10 Å². The Labute approximate surface area is 309 Å². The van der Waals surface area contributed by atoms with Crippen LogP contribution >= 0.6 is 0 Å². The normalized spacial score (nSPS) is 18.3. The van der Waals surface area contributed by atoms with Crippen LogP contribution in [0.25, 0.3) is 0 Å². The molecule has 0 aromatic heterocycles. The van der Waals surface area contributed by atoms with E-state index in [9.17, 15) is 14.4 Å². The summed E-state index contributed by atoms with van der Waals surface area (Å²) in [6, 6.07) is 46.0. The zero-order valence-electron chi connectivity index (χ0n) is 29.2. The highest BCUT2D eigenvalue weighted by Gasteiger charge is 2.51. The second-order valence-electron chi connectivity index (χ2n) is 12.5. The zero-order chi connectivity index (χ0) is 36.7. The van der Waals surface area contributed by atoms with Crippen molar-refractivity contribution in [3.63, 3.8) is 0 Å². The summed E-state index contributed by atoms with van der Waals surface area (Å²) in [5.74, 6) is -0.987. The Hall–Kier alpha value is -5.65. The molecule has 0 aliphatic carbocycles. The number of carbonyl (C=O) groups excluding carboxylic acids is 3. The summed E-state index contributed by atoms with van der Waals surface area (Å²) in [6.07, 6.45) is -3.87. The zero-order valence-corrected chi connectivity index (χ0v) is 29.2. The van der Waals surface area contributed by atoms with E-state index >= 15 is 0 Å². The van der Waals surface area contributed by atoms with Gasteiger partial charge in [-0.25, -0.2) is 4.79 Å². The summed E-state index contributed by atoms with van der Waals surface area (Å²) in [4.78, 5) is 42.2. The first-order chi connectivity index (χ1) is 26.0. The van der Waals surface area contributed by atoms with Crippen LogP contribution in [0.3, 0.4) is 0 Å². The Bertz CT molecular complexity index is 1860. The number of imide groups is 1. The van der Waals surface area contributed by atoms with Crippen LogP contribution in [-0.4, -0.2) is 60.3 Å². The minimum atomic E-state index is -1.17. The van der Waals surface area contributed by atoms with Crippen molar-refractivity contribution >= 4 is 17.9 Å². The highest BCUT2D eigenvalue weighted by Crippen LogP contribution is 2.30. The third-order valence-corrected chi connectivity index (χ3v) is 8.68. The smallest absolute Gasteiger partial charge is 0.410 e. The van der Waals surface area contributed by atoms with Crippen molar-refractivity contribution in [3.8, 4) is 5.75 Å². The number of nitrogens with one attached hydrogen (secondary N) is 1. The lowest BCUT2D eigenvalue weighted by Crippen LogP contribution is -2.68. The fourth-order valence-corrected chi connectivity index (χ4v) is 6.06. The molecule has 1 saturated heterocycles. The molecular weight excluding hydrogens is 672 g/mol. The Morgan fingerprint density at radius 1 is 0.547 bits per heavy atom. The molecule has 1 N–H and O–H groups in total. The van der Waals surface area contributed by atoms with Crippen molar-refractivity contribution in [2.45, 2.75) is 50.8 Å². The molecule has 1 aliphatic heterocycles. The van der Waals surface area contributed by atoms with Crippen LogP contribution in [-0.2, 0) is 55.0 Å². The van der Waals surface area contributed by atoms with Gasteiger partial charge in [-0.2, -0.15) is 0 Å². The summed E-state index contributed by atoms with van der Waals surface area (Å²) in [5, 5.41) is 2.25. The summed E-state index contributed by atoms with van der Waals surface area (Å²) < 4.78 is 31.2. The van der Waals surface area contributed by atoms with Gasteiger partial charge in [0.05, 0.1) is 39.1 Å². The van der Waals surface area contributed by atoms with E-state index in [4.69, 9.17) is 23.7 Å². The van der Waals surface area contributed by atoms with Crippen molar-refractivity contribution < 1.29 is 38.1 Å². The van der Waals surface area contributed by atoms with Gasteiger partial charge in [0.1, 0.15) is 24.5 Å². The van der Waals surface area contributed by atoms with E-state index in [1.807, 2.05) is 121 Å². The predicted molar refractivity (Wildman–Crippen MR) is 197 cm³/mol. The first-order valence-corrected chi connectivity index (χ1v) is 17.5. The highest BCUT2D eigenvalue weighted by atomic mass is 16.6. The molecule has 0 unspecified atom stereocenters. The molecule has 5 aromatic carbocycles. The van der Waals surface area contributed by atoms with Crippen LogP contribution < -0.4 is 10.1 Å². The molecule has 1 aliphatic rings. The third-order valence-electron chi connectivity index (χ3n) is 8.68. The summed E-state index contributed by atoms with van der Waals surface area (Å²) in [7, 11) is 0. The van der Waals surface area contributed by atoms with Gasteiger partial charge in [-0.05, 0) is 34.4 Å². The molecule has 3 amide bonds. The Morgan fingerprint density at radius 3 is 1.49 bits per heavy atom. The number of benzene rings is 5. The van der Waals surface area contributed by atoms with Crippen molar-refractivity contribution in [3.05, 3.63) is 174 Å². The molecule has 0 bridgehead atoms. The molecule has 1 fully saturated rings. The average Bonchev–Trinajstić information content (AvgIpc) is 3.19. The average molecular weight is 715 g/mol. The third kappa shape index (κ3) is 10.9. The minimum absolute atomic E-state index is 0.00155. The van der Waals surface area contributed by atoms with Gasteiger partial charge in [-0.1, -0.05) is 140 Å². The molecule has 5 aromatic rings. The van der Waals surface area contributed by atoms with E-state index in [-0.39, 0.29) is 38.8 Å². The van der Waals surface area contributed by atoms with Crippen LogP contribution in [0.1, 0.15) is 22.3 Å². The number of para-hydroxylation sites is 1. The highest BCUT2D eigenvalue weighted by molar-refractivity contribution is 5.96. The lowest BCUT2D eigenvalue weighted by Gasteiger charge is -2.47. The first kappa shape index (κ1) is 37.1. The van der Waals surface area contributed by atoms with Gasteiger partial charge < -0.3 is 28.6 Å². The predicted octanol–water partition coefficient (Wildman–Crippen LogP) is 6.49. The SMILES string of the molecule is O=C(CN1C(=O)[C@H](OCc2ccccc2)[C@@H](OCc2ccccc2)[C@H](OCc2ccccc2)[C@H]1COCc1ccccc1)NC(=O)Oc1ccccc1. The van der Waals surface area contributed by atoms with Gasteiger partial charge in [0.2, 0.25) is 5.91 Å². The fourth-order valence-electron chi connectivity index (χ4n) is 6.06. The Balaban J connectivity index is 1.31. The number of rotatable bonds is 16. The van der Waals surface area contributed by atoms with Crippen LogP contribution in [0.15, 0.2) is 152 Å². The van der Waals surface area contributed by atoms with Crippen molar-refractivity contribution in [1.82, 2.24) is 10.2 Å². The lowest BCUT2D eigenvalue weighted by atomic mass is 9.92. The minimum Gasteiger partial charge on any atom is -0.410 e. The summed E-state index contributed by atoms with van der Waals surface area (Å²) in [5.41, 5.74) is 3.60. The van der Waals surface area contributed by atoms with Gasteiger partial charge in [-0.3, -0.25) is 14.9 Å². The molecule has 0 radical (unpaired) electrons. The Morgan fingerprint density at radius 2 is 0.981 bits per heavy atom. The molecule has 10 heteroatoms. The fraction of sp³-hybridized carbons (Fsp3) is 0.233. The number of amides is 3. The summed E-state index contributed by atoms with van der Waals surface area (Å²) >= 11 is 0. The number of nitrogens with zero attached hydrogens (tertiary/aromatic N) is 1. The quantitative estimate of drug-likeness (QED) is 0.124. The van der Waals surface area contributed by atoms with Gasteiger partial charge in [0.25, 0.3) is 5.91 Å². The number of hydrogen-bond acceptors (Lipinski definition) is 8. The van der Waals surface area contributed by atoms with Crippen LogP contribution in [0.5, 0.6) is 5.75 Å². The first-order valence-electron chi connectivity index (χ1n) is 17.5. The molecule has 53 heavy (non-hydrogen) atoms. The van der Waals surface area contributed by atoms with Crippen LogP contribution in [0.4, 0.5) is 4.79 Å². The molecule has 0 spiro atoms. The van der Waals surface area contributed by atoms with Crippen molar-refractivity contribution in [1.29, 1.82) is 0 Å². The van der Waals surface area contributed by atoms with E-state index in [2.05, 4.69) is 5.32 Å². The van der Waals surface area contributed by atoms with Crippen LogP contribution in [0, 0.1) is 0 Å². The second kappa shape index (κ2) is 19.3. The van der Waals surface area contributed by atoms with Gasteiger partial charge in [-0.15, -0.1) is 0 Å². The molecule has 0 saturated carbocycles. The monoisotopic (exact) mass is 714 g/mol. The molecular formula is C43H42N2O8. The Kier molecular flexibility index (Phi) is 13.5. The molecule has 272 valence electrons.